The second-order valence-corrected chi connectivity index (χ2v) is 5.71. The lowest BCUT2D eigenvalue weighted by molar-refractivity contribution is 0.0950. The van der Waals surface area contributed by atoms with Crippen molar-refractivity contribution in [1.29, 1.82) is 0 Å². The Labute approximate surface area is 154 Å². The Morgan fingerprint density at radius 2 is 2.08 bits per heavy atom. The second-order valence-electron chi connectivity index (χ2n) is 5.27. The Kier molecular flexibility index (Phi) is 5.19. The molecule has 3 rings (SSSR count). The summed E-state index contributed by atoms with van der Waals surface area (Å²) in [5.74, 6) is -0.197. The molecule has 0 radical (unpaired) electrons. The fraction of sp³-hybridized carbons (Fsp3) is 0.0556. The van der Waals surface area contributed by atoms with E-state index in [9.17, 15) is 9.90 Å². The van der Waals surface area contributed by atoms with E-state index in [1.807, 2.05) is 12.1 Å². The lowest BCUT2D eigenvalue weighted by atomic mass is 10.1. The third kappa shape index (κ3) is 3.84. The normalized spacial score (nSPS) is 10.8. The number of nitrogens with zero attached hydrogens (tertiary/aromatic N) is 2. The minimum atomic E-state index is -0.462. The van der Waals surface area contributed by atoms with E-state index in [0.29, 0.717) is 22.0 Å². The number of aromatic amines is 1. The molecule has 1 heterocycles. The molecule has 0 saturated carbocycles. The fourth-order valence-corrected chi connectivity index (χ4v) is 2.36. The maximum Gasteiger partial charge on any atom is 0.289 e. The van der Waals surface area contributed by atoms with E-state index >= 15 is 0 Å². The molecule has 0 aliphatic heterocycles. The van der Waals surface area contributed by atoms with Crippen molar-refractivity contribution in [2.24, 2.45) is 5.10 Å². The summed E-state index contributed by atoms with van der Waals surface area (Å²) in [4.78, 5) is 12.1. The molecule has 0 saturated heterocycles. The van der Waals surface area contributed by atoms with Crippen molar-refractivity contribution in [3.8, 4) is 22.8 Å². The minimum absolute atomic E-state index is 0.0560. The van der Waals surface area contributed by atoms with Crippen molar-refractivity contribution in [2.75, 3.05) is 7.11 Å². The number of H-pyrrole nitrogens is 1. The van der Waals surface area contributed by atoms with Gasteiger partial charge < -0.3 is 9.84 Å². The average Bonchev–Trinajstić information content (AvgIpc) is 3.14. The van der Waals surface area contributed by atoms with E-state index < -0.39 is 5.91 Å². The number of halogens is 1. The lowest BCUT2D eigenvalue weighted by Gasteiger charge is -2.04. The topological polar surface area (TPSA) is 99.6 Å². The van der Waals surface area contributed by atoms with Crippen molar-refractivity contribution >= 4 is 23.7 Å². The van der Waals surface area contributed by atoms with Crippen molar-refractivity contribution in [1.82, 2.24) is 15.6 Å². The SMILES string of the molecule is COc1cccc(/C=N\NC(=O)c2cc(-c3ccc(Cl)cc3)n[nH]2)c1O. The molecule has 132 valence electrons. The molecule has 0 fully saturated rings. The average molecular weight is 371 g/mol. The number of methoxy groups -OCH3 is 1. The van der Waals surface area contributed by atoms with Gasteiger partial charge >= 0.3 is 0 Å². The van der Waals surface area contributed by atoms with Crippen LogP contribution in [0.15, 0.2) is 53.6 Å². The summed E-state index contributed by atoms with van der Waals surface area (Å²) >= 11 is 5.86. The molecular weight excluding hydrogens is 356 g/mol. The Morgan fingerprint density at radius 1 is 1.31 bits per heavy atom. The summed E-state index contributed by atoms with van der Waals surface area (Å²) in [5.41, 5.74) is 4.48. The van der Waals surface area contributed by atoms with Crippen LogP contribution in [0.5, 0.6) is 11.5 Å². The van der Waals surface area contributed by atoms with Crippen LogP contribution in [0.25, 0.3) is 11.3 Å². The molecule has 0 aliphatic carbocycles. The van der Waals surface area contributed by atoms with Crippen LogP contribution in [0.4, 0.5) is 0 Å². The molecule has 1 aromatic heterocycles. The van der Waals surface area contributed by atoms with Gasteiger partial charge in [-0.1, -0.05) is 29.8 Å². The number of benzene rings is 2. The molecule has 0 bridgehead atoms. The molecule has 0 aliphatic rings. The smallest absolute Gasteiger partial charge is 0.289 e. The molecule has 0 spiro atoms. The van der Waals surface area contributed by atoms with E-state index in [4.69, 9.17) is 16.3 Å². The third-order valence-electron chi connectivity index (χ3n) is 3.58. The Bertz CT molecular complexity index is 951. The van der Waals surface area contributed by atoms with Crippen LogP contribution in [-0.4, -0.2) is 34.5 Å². The minimum Gasteiger partial charge on any atom is -0.504 e. The highest BCUT2D eigenvalue weighted by Gasteiger charge is 2.11. The first-order chi connectivity index (χ1) is 12.6. The summed E-state index contributed by atoms with van der Waals surface area (Å²) in [6, 6.07) is 13.7. The van der Waals surface area contributed by atoms with Crippen LogP contribution in [-0.2, 0) is 0 Å². The zero-order valence-electron chi connectivity index (χ0n) is 13.7. The number of nitrogens with one attached hydrogen (secondary N) is 2. The first-order valence-corrected chi connectivity index (χ1v) is 7.97. The van der Waals surface area contributed by atoms with Gasteiger partial charge in [-0.3, -0.25) is 9.89 Å². The van der Waals surface area contributed by atoms with E-state index in [1.165, 1.54) is 13.3 Å². The first kappa shape index (κ1) is 17.5. The Morgan fingerprint density at radius 3 is 2.81 bits per heavy atom. The number of aromatic nitrogens is 2. The van der Waals surface area contributed by atoms with Crippen LogP contribution in [0, 0.1) is 0 Å². The number of amides is 1. The molecule has 3 N–H and O–H groups in total. The second kappa shape index (κ2) is 7.71. The lowest BCUT2D eigenvalue weighted by Crippen LogP contribution is -2.18. The summed E-state index contributed by atoms with van der Waals surface area (Å²) < 4.78 is 5.01. The number of hydrogen-bond donors (Lipinski definition) is 3. The van der Waals surface area contributed by atoms with Crippen LogP contribution < -0.4 is 10.2 Å². The van der Waals surface area contributed by atoms with E-state index in [-0.39, 0.29) is 11.4 Å². The zero-order valence-corrected chi connectivity index (χ0v) is 14.5. The van der Waals surface area contributed by atoms with Gasteiger partial charge in [0.2, 0.25) is 0 Å². The molecule has 1 amide bonds. The maximum absolute atomic E-state index is 12.1. The van der Waals surface area contributed by atoms with Gasteiger partial charge in [-0.05, 0) is 30.3 Å². The number of para-hydroxylation sites is 1. The van der Waals surface area contributed by atoms with Gasteiger partial charge in [0.25, 0.3) is 5.91 Å². The predicted octanol–water partition coefficient (Wildman–Crippen LogP) is 3.21. The van der Waals surface area contributed by atoms with Crippen LogP contribution in [0.3, 0.4) is 0 Å². The predicted molar refractivity (Wildman–Crippen MR) is 98.8 cm³/mol. The summed E-state index contributed by atoms with van der Waals surface area (Å²) in [7, 11) is 1.45. The van der Waals surface area contributed by atoms with Crippen molar-refractivity contribution in [2.45, 2.75) is 0 Å². The Hall–Kier alpha value is -3.32. The molecule has 2 aromatic carbocycles. The van der Waals surface area contributed by atoms with E-state index in [0.717, 1.165) is 5.56 Å². The number of carbonyl (C=O) groups excluding carboxylic acids is 1. The number of phenols is 1. The summed E-state index contributed by atoms with van der Waals surface area (Å²) in [6.45, 7) is 0. The zero-order chi connectivity index (χ0) is 18.5. The monoisotopic (exact) mass is 370 g/mol. The Balaban J connectivity index is 1.68. The molecule has 7 nitrogen and oxygen atoms in total. The summed E-state index contributed by atoms with van der Waals surface area (Å²) in [5, 5.41) is 21.2. The van der Waals surface area contributed by atoms with Gasteiger partial charge in [-0.25, -0.2) is 5.43 Å². The molecule has 26 heavy (non-hydrogen) atoms. The molecule has 8 heteroatoms. The van der Waals surface area contributed by atoms with Gasteiger partial charge in [-0.15, -0.1) is 0 Å². The highest BCUT2D eigenvalue weighted by Crippen LogP contribution is 2.27. The molecular formula is C18H15ClN4O3. The van der Waals surface area contributed by atoms with Gasteiger partial charge in [-0.2, -0.15) is 10.2 Å². The number of hydrogen-bond acceptors (Lipinski definition) is 5. The van der Waals surface area contributed by atoms with Crippen LogP contribution >= 0.6 is 11.6 Å². The van der Waals surface area contributed by atoms with Gasteiger partial charge in [0.1, 0.15) is 5.69 Å². The number of rotatable bonds is 5. The number of hydrazone groups is 1. The fourth-order valence-electron chi connectivity index (χ4n) is 2.24. The van der Waals surface area contributed by atoms with Gasteiger partial charge in [0, 0.05) is 16.1 Å². The largest absolute Gasteiger partial charge is 0.504 e. The standard InChI is InChI=1S/C18H15ClN4O3/c1-26-16-4-2-3-12(17(16)24)10-20-23-18(25)15-9-14(21-22-15)11-5-7-13(19)8-6-11/h2-10,24H,1H3,(H,21,22)(H,23,25)/b20-10-. The van der Waals surface area contributed by atoms with Crippen LogP contribution in [0.2, 0.25) is 5.02 Å². The molecule has 0 unspecified atom stereocenters. The number of phenolic OH excluding ortho intramolecular Hbond substituents is 1. The van der Waals surface area contributed by atoms with E-state index in [1.54, 1.807) is 36.4 Å². The quantitative estimate of drug-likeness (QED) is 0.474. The number of ether oxygens (including phenoxy) is 1. The van der Waals surface area contributed by atoms with Gasteiger partial charge in [0.05, 0.1) is 19.0 Å². The highest BCUT2D eigenvalue weighted by molar-refractivity contribution is 6.30. The summed E-state index contributed by atoms with van der Waals surface area (Å²) in [6.07, 6.45) is 1.33. The molecule has 3 aromatic rings. The first-order valence-electron chi connectivity index (χ1n) is 7.59. The van der Waals surface area contributed by atoms with Crippen molar-refractivity contribution < 1.29 is 14.6 Å². The van der Waals surface area contributed by atoms with Crippen molar-refractivity contribution in [3.05, 3.63) is 64.8 Å². The van der Waals surface area contributed by atoms with Crippen molar-refractivity contribution in [3.63, 3.8) is 0 Å². The van der Waals surface area contributed by atoms with E-state index in [2.05, 4.69) is 20.7 Å². The number of carbonyl (C=O) groups is 1. The number of aromatic hydroxyl groups is 1. The molecule has 0 atom stereocenters. The third-order valence-corrected chi connectivity index (χ3v) is 3.83. The van der Waals surface area contributed by atoms with Crippen LogP contribution in [0.1, 0.15) is 16.1 Å². The van der Waals surface area contributed by atoms with Gasteiger partial charge in [0.15, 0.2) is 11.5 Å². The maximum atomic E-state index is 12.1. The highest BCUT2D eigenvalue weighted by atomic mass is 35.5.